The van der Waals surface area contributed by atoms with Gasteiger partial charge in [0.1, 0.15) is 11.5 Å². The van der Waals surface area contributed by atoms with Crippen molar-refractivity contribution < 1.29 is 18.7 Å². The number of hydrogen-bond acceptors (Lipinski definition) is 4. The fourth-order valence-corrected chi connectivity index (χ4v) is 2.31. The van der Waals surface area contributed by atoms with Crippen LogP contribution in [0, 0.1) is 0 Å². The quantitative estimate of drug-likeness (QED) is 0.547. The summed E-state index contributed by atoms with van der Waals surface area (Å²) in [7, 11) is 0. The van der Waals surface area contributed by atoms with Gasteiger partial charge >= 0.3 is 0 Å². The van der Waals surface area contributed by atoms with Crippen LogP contribution in [-0.4, -0.2) is 17.9 Å². The van der Waals surface area contributed by atoms with Crippen molar-refractivity contribution in [2.24, 2.45) is 0 Å². The zero-order chi connectivity index (χ0) is 18.4. The molecule has 0 spiro atoms. The van der Waals surface area contributed by atoms with Crippen molar-refractivity contribution >= 4 is 28.7 Å². The Morgan fingerprint density at radius 3 is 2.62 bits per heavy atom. The number of fused-ring (bicyclic) bond motifs is 1. The van der Waals surface area contributed by atoms with Gasteiger partial charge < -0.3 is 9.15 Å². The molecule has 6 nitrogen and oxygen atoms in total. The minimum atomic E-state index is -0.773. The first-order valence-corrected chi connectivity index (χ1v) is 8.09. The number of carbonyl (C=O) groups is 2. The number of rotatable bonds is 5. The highest BCUT2D eigenvalue weighted by Gasteiger charge is 2.15. The summed E-state index contributed by atoms with van der Waals surface area (Å²) < 4.78 is 10.7. The molecule has 132 valence electrons. The van der Waals surface area contributed by atoms with Crippen molar-refractivity contribution in [1.82, 2.24) is 10.9 Å². The van der Waals surface area contributed by atoms with Crippen LogP contribution in [0.2, 0.25) is 0 Å². The number of hydrazine groups is 1. The predicted octanol–water partition coefficient (Wildman–Crippen LogP) is 3.06. The van der Waals surface area contributed by atoms with Crippen molar-refractivity contribution in [1.29, 1.82) is 0 Å². The van der Waals surface area contributed by atoms with E-state index >= 15 is 0 Å². The SMILES string of the molecule is CC(Oc1ccc2ccccc2c1)C(=O)NNC(=O)C=Cc1ccco1. The Labute approximate surface area is 150 Å². The normalized spacial score (nSPS) is 12.0. The molecule has 2 amide bonds. The number of amides is 2. The summed E-state index contributed by atoms with van der Waals surface area (Å²) in [6.07, 6.45) is 3.49. The maximum absolute atomic E-state index is 12.1. The van der Waals surface area contributed by atoms with E-state index in [1.807, 2.05) is 36.4 Å². The summed E-state index contributed by atoms with van der Waals surface area (Å²) in [6.45, 7) is 1.61. The lowest BCUT2D eigenvalue weighted by molar-refractivity contribution is -0.131. The Hall–Kier alpha value is -3.54. The Morgan fingerprint density at radius 2 is 1.85 bits per heavy atom. The molecule has 1 aromatic heterocycles. The fraction of sp³-hybridized carbons (Fsp3) is 0.100. The lowest BCUT2D eigenvalue weighted by atomic mass is 10.1. The van der Waals surface area contributed by atoms with E-state index in [-0.39, 0.29) is 0 Å². The number of benzene rings is 2. The third-order valence-corrected chi connectivity index (χ3v) is 3.65. The van der Waals surface area contributed by atoms with Gasteiger partial charge in [-0.2, -0.15) is 0 Å². The van der Waals surface area contributed by atoms with Gasteiger partial charge in [-0.25, -0.2) is 0 Å². The number of ether oxygens (including phenoxy) is 1. The van der Waals surface area contributed by atoms with Gasteiger partial charge in [-0.3, -0.25) is 20.4 Å². The van der Waals surface area contributed by atoms with Crippen LogP contribution in [0.15, 0.2) is 71.4 Å². The molecule has 2 aromatic carbocycles. The van der Waals surface area contributed by atoms with E-state index in [1.54, 1.807) is 25.1 Å². The average molecular weight is 350 g/mol. The molecular formula is C20H18N2O4. The first-order chi connectivity index (χ1) is 12.6. The lowest BCUT2D eigenvalue weighted by Crippen LogP contribution is -2.46. The van der Waals surface area contributed by atoms with Crippen molar-refractivity contribution in [3.8, 4) is 5.75 Å². The minimum absolute atomic E-state index is 0.460. The molecule has 0 aliphatic heterocycles. The molecule has 6 heteroatoms. The van der Waals surface area contributed by atoms with E-state index in [9.17, 15) is 9.59 Å². The standard InChI is InChI=1S/C20H18N2O4/c1-14(26-18-9-8-15-5-2-3-6-16(15)13-18)20(24)22-21-19(23)11-10-17-7-4-12-25-17/h2-14H,1H3,(H,21,23)(H,22,24). The fourth-order valence-electron chi connectivity index (χ4n) is 2.31. The molecule has 0 fully saturated rings. The Balaban J connectivity index is 1.51. The van der Waals surface area contributed by atoms with E-state index < -0.39 is 17.9 Å². The molecule has 0 saturated heterocycles. The monoisotopic (exact) mass is 350 g/mol. The molecule has 0 aliphatic rings. The van der Waals surface area contributed by atoms with Crippen LogP contribution in [0.4, 0.5) is 0 Å². The first kappa shape index (κ1) is 17.3. The Morgan fingerprint density at radius 1 is 1.04 bits per heavy atom. The van der Waals surface area contributed by atoms with Crippen LogP contribution in [0.25, 0.3) is 16.8 Å². The third-order valence-electron chi connectivity index (χ3n) is 3.65. The van der Waals surface area contributed by atoms with E-state index in [1.165, 1.54) is 18.4 Å². The number of nitrogens with one attached hydrogen (secondary N) is 2. The van der Waals surface area contributed by atoms with Crippen LogP contribution in [-0.2, 0) is 9.59 Å². The van der Waals surface area contributed by atoms with Gasteiger partial charge in [-0.15, -0.1) is 0 Å². The summed E-state index contributed by atoms with van der Waals surface area (Å²) in [5.74, 6) is 0.181. The smallest absolute Gasteiger partial charge is 0.279 e. The zero-order valence-electron chi connectivity index (χ0n) is 14.1. The van der Waals surface area contributed by atoms with Crippen LogP contribution in [0.3, 0.4) is 0 Å². The zero-order valence-corrected chi connectivity index (χ0v) is 14.1. The average Bonchev–Trinajstić information content (AvgIpc) is 3.18. The van der Waals surface area contributed by atoms with Crippen molar-refractivity contribution in [2.45, 2.75) is 13.0 Å². The largest absolute Gasteiger partial charge is 0.481 e. The second kappa shape index (κ2) is 8.02. The van der Waals surface area contributed by atoms with Crippen LogP contribution < -0.4 is 15.6 Å². The summed E-state index contributed by atoms with van der Waals surface area (Å²) in [5, 5.41) is 2.11. The van der Waals surface area contributed by atoms with E-state index in [0.717, 1.165) is 10.8 Å². The molecule has 3 rings (SSSR count). The lowest BCUT2D eigenvalue weighted by Gasteiger charge is -2.15. The van der Waals surface area contributed by atoms with Crippen LogP contribution in [0.1, 0.15) is 12.7 Å². The summed E-state index contributed by atoms with van der Waals surface area (Å²) in [6, 6.07) is 16.9. The number of carbonyl (C=O) groups excluding carboxylic acids is 2. The topological polar surface area (TPSA) is 80.6 Å². The second-order valence-corrected chi connectivity index (χ2v) is 5.60. The molecule has 1 atom stereocenters. The molecule has 0 radical (unpaired) electrons. The van der Waals surface area contributed by atoms with Gasteiger partial charge in [0, 0.05) is 6.08 Å². The highest BCUT2D eigenvalue weighted by atomic mass is 16.5. The van der Waals surface area contributed by atoms with Gasteiger partial charge in [0.05, 0.1) is 6.26 Å². The minimum Gasteiger partial charge on any atom is -0.481 e. The van der Waals surface area contributed by atoms with Gasteiger partial charge in [-0.1, -0.05) is 30.3 Å². The molecule has 26 heavy (non-hydrogen) atoms. The molecule has 1 heterocycles. The maximum Gasteiger partial charge on any atom is 0.279 e. The molecule has 3 aromatic rings. The van der Waals surface area contributed by atoms with Crippen molar-refractivity contribution in [3.05, 3.63) is 72.7 Å². The third kappa shape index (κ3) is 4.51. The summed E-state index contributed by atoms with van der Waals surface area (Å²) in [5.41, 5.74) is 4.62. The van der Waals surface area contributed by atoms with Gasteiger partial charge in [0.15, 0.2) is 6.10 Å². The highest BCUT2D eigenvalue weighted by molar-refractivity contribution is 5.93. The molecule has 0 bridgehead atoms. The molecular weight excluding hydrogens is 332 g/mol. The molecule has 0 aliphatic carbocycles. The Bertz CT molecular complexity index is 932. The van der Waals surface area contributed by atoms with Crippen molar-refractivity contribution in [3.63, 3.8) is 0 Å². The van der Waals surface area contributed by atoms with Crippen molar-refractivity contribution in [2.75, 3.05) is 0 Å². The van der Waals surface area contributed by atoms with Gasteiger partial charge in [0.2, 0.25) is 0 Å². The maximum atomic E-state index is 12.1. The van der Waals surface area contributed by atoms with E-state index in [4.69, 9.17) is 9.15 Å². The van der Waals surface area contributed by atoms with Gasteiger partial charge in [0.25, 0.3) is 11.8 Å². The number of hydrogen-bond donors (Lipinski definition) is 2. The summed E-state index contributed by atoms with van der Waals surface area (Å²) in [4.78, 5) is 23.7. The number of furan rings is 1. The van der Waals surface area contributed by atoms with Crippen LogP contribution >= 0.6 is 0 Å². The van der Waals surface area contributed by atoms with Crippen LogP contribution in [0.5, 0.6) is 5.75 Å². The van der Waals surface area contributed by atoms with Gasteiger partial charge in [-0.05, 0) is 48.0 Å². The first-order valence-electron chi connectivity index (χ1n) is 8.09. The highest BCUT2D eigenvalue weighted by Crippen LogP contribution is 2.21. The Kier molecular flexibility index (Phi) is 5.34. The summed E-state index contributed by atoms with van der Waals surface area (Å²) >= 11 is 0. The van der Waals surface area contributed by atoms with E-state index in [0.29, 0.717) is 11.5 Å². The molecule has 2 N–H and O–H groups in total. The second-order valence-electron chi connectivity index (χ2n) is 5.60. The predicted molar refractivity (Wildman–Crippen MR) is 98.1 cm³/mol. The molecule has 1 unspecified atom stereocenters. The van der Waals surface area contributed by atoms with E-state index in [2.05, 4.69) is 10.9 Å². The molecule has 0 saturated carbocycles.